The summed E-state index contributed by atoms with van der Waals surface area (Å²) in [4.78, 5) is 16.3. The average Bonchev–Trinajstić information content (AvgIpc) is 2.81. The predicted octanol–water partition coefficient (Wildman–Crippen LogP) is 2.31. The van der Waals surface area contributed by atoms with Crippen LogP contribution in [0.1, 0.15) is 43.2 Å². The number of urea groups is 1. The van der Waals surface area contributed by atoms with Crippen molar-refractivity contribution in [2.45, 2.75) is 52.6 Å². The molecule has 124 valence electrons. The second-order valence-corrected chi connectivity index (χ2v) is 6.27. The molecular formula is C16H28N4O2. The van der Waals surface area contributed by atoms with Gasteiger partial charge in [0.05, 0.1) is 12.2 Å². The Bertz CT molecular complexity index is 481. The van der Waals surface area contributed by atoms with Crippen LogP contribution < -0.4 is 5.32 Å². The van der Waals surface area contributed by atoms with Crippen LogP contribution in [0.3, 0.4) is 0 Å². The summed E-state index contributed by atoms with van der Waals surface area (Å²) < 4.78 is 5.13. The normalized spacial score (nSPS) is 19.2. The van der Waals surface area contributed by atoms with Gasteiger partial charge in [0.2, 0.25) is 0 Å². The van der Waals surface area contributed by atoms with E-state index in [1.165, 1.54) is 19.3 Å². The molecule has 6 nitrogen and oxygen atoms in total. The highest BCUT2D eigenvalue weighted by Crippen LogP contribution is 2.16. The third-order valence-electron chi connectivity index (χ3n) is 4.54. The highest BCUT2D eigenvalue weighted by molar-refractivity contribution is 5.73. The lowest BCUT2D eigenvalue weighted by Crippen LogP contribution is -2.44. The number of nitrogens with one attached hydrogen (secondary N) is 1. The van der Waals surface area contributed by atoms with Gasteiger partial charge in [0.15, 0.2) is 0 Å². The highest BCUT2D eigenvalue weighted by atomic mass is 16.5. The van der Waals surface area contributed by atoms with E-state index in [1.54, 1.807) is 11.9 Å². The molecule has 0 spiro atoms. The summed E-state index contributed by atoms with van der Waals surface area (Å²) in [6.45, 7) is 9.32. The topological polar surface area (TPSA) is 61.6 Å². The number of likely N-dealkylation sites (tertiary alicyclic amines) is 1. The Kier molecular flexibility index (Phi) is 5.83. The molecule has 1 atom stereocenters. The lowest BCUT2D eigenvalue weighted by Gasteiger charge is -2.33. The molecule has 2 heterocycles. The Morgan fingerprint density at radius 2 is 2.23 bits per heavy atom. The summed E-state index contributed by atoms with van der Waals surface area (Å²) in [7, 11) is 1.80. The van der Waals surface area contributed by atoms with Crippen molar-refractivity contribution in [3.05, 3.63) is 17.0 Å². The van der Waals surface area contributed by atoms with Gasteiger partial charge in [-0.1, -0.05) is 11.6 Å². The van der Waals surface area contributed by atoms with Crippen molar-refractivity contribution >= 4 is 6.03 Å². The first-order valence-corrected chi connectivity index (χ1v) is 8.13. The van der Waals surface area contributed by atoms with Crippen LogP contribution in [-0.2, 0) is 6.54 Å². The van der Waals surface area contributed by atoms with Crippen LogP contribution in [0.15, 0.2) is 4.52 Å². The van der Waals surface area contributed by atoms with Crippen LogP contribution in [0, 0.1) is 13.8 Å². The maximum atomic E-state index is 12.2. The zero-order valence-electron chi connectivity index (χ0n) is 14.2. The molecule has 0 aliphatic carbocycles. The van der Waals surface area contributed by atoms with Gasteiger partial charge in [-0.25, -0.2) is 4.79 Å². The average molecular weight is 308 g/mol. The van der Waals surface area contributed by atoms with E-state index in [9.17, 15) is 4.79 Å². The number of nitrogens with zero attached hydrogens (tertiary/aromatic N) is 3. The first-order valence-electron chi connectivity index (χ1n) is 8.13. The second kappa shape index (κ2) is 7.63. The molecule has 2 amide bonds. The van der Waals surface area contributed by atoms with Crippen LogP contribution in [0.25, 0.3) is 0 Å². The van der Waals surface area contributed by atoms with E-state index in [0.29, 0.717) is 19.1 Å². The van der Waals surface area contributed by atoms with Crippen molar-refractivity contribution in [1.82, 2.24) is 20.3 Å². The van der Waals surface area contributed by atoms with Crippen LogP contribution in [0.2, 0.25) is 0 Å². The number of amides is 2. The van der Waals surface area contributed by atoms with Gasteiger partial charge in [0, 0.05) is 31.7 Å². The molecule has 0 unspecified atom stereocenters. The minimum Gasteiger partial charge on any atom is -0.361 e. The maximum absolute atomic E-state index is 12.2. The molecule has 1 fully saturated rings. The van der Waals surface area contributed by atoms with Crippen molar-refractivity contribution in [3.8, 4) is 0 Å². The molecule has 1 aromatic rings. The van der Waals surface area contributed by atoms with Crippen molar-refractivity contribution in [1.29, 1.82) is 0 Å². The van der Waals surface area contributed by atoms with Crippen LogP contribution in [-0.4, -0.2) is 53.7 Å². The molecule has 1 saturated heterocycles. The second-order valence-electron chi connectivity index (χ2n) is 6.27. The fourth-order valence-corrected chi connectivity index (χ4v) is 2.97. The molecule has 0 aromatic carbocycles. The molecule has 1 aliphatic rings. The molecule has 0 saturated carbocycles. The quantitative estimate of drug-likeness (QED) is 0.906. The third-order valence-corrected chi connectivity index (χ3v) is 4.54. The van der Waals surface area contributed by atoms with Gasteiger partial charge >= 0.3 is 6.03 Å². The van der Waals surface area contributed by atoms with Crippen LogP contribution >= 0.6 is 0 Å². The molecule has 1 N–H and O–H groups in total. The lowest BCUT2D eigenvalue weighted by atomic mass is 10.0. The van der Waals surface area contributed by atoms with Crippen molar-refractivity contribution in [2.24, 2.45) is 0 Å². The van der Waals surface area contributed by atoms with Crippen molar-refractivity contribution in [3.63, 3.8) is 0 Å². The van der Waals surface area contributed by atoms with E-state index < -0.39 is 0 Å². The van der Waals surface area contributed by atoms with Crippen LogP contribution in [0.4, 0.5) is 4.79 Å². The Balaban J connectivity index is 1.74. The first-order chi connectivity index (χ1) is 10.5. The number of aromatic nitrogens is 1. The minimum atomic E-state index is -0.0512. The van der Waals surface area contributed by atoms with Crippen molar-refractivity contribution < 1.29 is 9.32 Å². The first kappa shape index (κ1) is 16.8. The van der Waals surface area contributed by atoms with Gasteiger partial charge in [-0.2, -0.15) is 0 Å². The number of aryl methyl sites for hydroxylation is 2. The standard InChI is InChI=1S/C16H28N4O2/c1-12-7-5-6-9-20(12)10-8-17-16(21)19(4)11-15-13(2)18-22-14(15)3/h12H,5-11H2,1-4H3,(H,17,21)/t12-/m1/s1. The zero-order chi connectivity index (χ0) is 16.1. The summed E-state index contributed by atoms with van der Waals surface area (Å²) in [6.07, 6.45) is 3.86. The number of piperidine rings is 1. The Morgan fingerprint density at radius 3 is 2.86 bits per heavy atom. The maximum Gasteiger partial charge on any atom is 0.317 e. The Morgan fingerprint density at radius 1 is 1.45 bits per heavy atom. The SMILES string of the molecule is Cc1noc(C)c1CN(C)C(=O)NCCN1CCCC[C@H]1C. The molecule has 22 heavy (non-hydrogen) atoms. The monoisotopic (exact) mass is 308 g/mol. The largest absolute Gasteiger partial charge is 0.361 e. The number of carbonyl (C=O) groups excluding carboxylic acids is 1. The summed E-state index contributed by atoms with van der Waals surface area (Å²) in [5.41, 5.74) is 1.83. The van der Waals surface area contributed by atoms with Gasteiger partial charge in [-0.05, 0) is 40.2 Å². The van der Waals surface area contributed by atoms with Gasteiger partial charge in [-0.15, -0.1) is 0 Å². The fourth-order valence-electron chi connectivity index (χ4n) is 2.97. The lowest BCUT2D eigenvalue weighted by molar-refractivity contribution is 0.159. The molecule has 0 radical (unpaired) electrons. The van der Waals surface area contributed by atoms with Gasteiger partial charge in [0.25, 0.3) is 0 Å². The van der Waals surface area contributed by atoms with E-state index in [2.05, 4.69) is 22.3 Å². The van der Waals surface area contributed by atoms with Gasteiger partial charge in [0.1, 0.15) is 5.76 Å². The number of hydrogen-bond donors (Lipinski definition) is 1. The molecule has 1 aliphatic heterocycles. The van der Waals surface area contributed by atoms with E-state index >= 15 is 0 Å². The summed E-state index contributed by atoms with van der Waals surface area (Å²) >= 11 is 0. The number of rotatable bonds is 5. The van der Waals surface area contributed by atoms with E-state index in [4.69, 9.17) is 4.52 Å². The fraction of sp³-hybridized carbons (Fsp3) is 0.750. The summed E-state index contributed by atoms with van der Waals surface area (Å²) in [5, 5.41) is 6.92. The summed E-state index contributed by atoms with van der Waals surface area (Å²) in [5.74, 6) is 0.777. The van der Waals surface area contributed by atoms with Gasteiger partial charge < -0.3 is 14.7 Å². The number of hydrogen-bond acceptors (Lipinski definition) is 4. The molecule has 6 heteroatoms. The Labute approximate surface area is 132 Å². The predicted molar refractivity (Wildman–Crippen MR) is 85.7 cm³/mol. The highest BCUT2D eigenvalue weighted by Gasteiger charge is 2.19. The molecule has 1 aromatic heterocycles. The Hall–Kier alpha value is -1.56. The zero-order valence-corrected chi connectivity index (χ0v) is 14.2. The van der Waals surface area contributed by atoms with E-state index in [0.717, 1.165) is 30.1 Å². The molecule has 0 bridgehead atoms. The van der Waals surface area contributed by atoms with Crippen LogP contribution in [0.5, 0.6) is 0 Å². The summed E-state index contributed by atoms with van der Waals surface area (Å²) in [6, 6.07) is 0.579. The smallest absolute Gasteiger partial charge is 0.317 e. The minimum absolute atomic E-state index is 0.0512. The van der Waals surface area contributed by atoms with E-state index in [1.807, 2.05) is 13.8 Å². The molecule has 2 rings (SSSR count). The van der Waals surface area contributed by atoms with E-state index in [-0.39, 0.29) is 6.03 Å². The molecular weight excluding hydrogens is 280 g/mol. The number of carbonyl (C=O) groups is 1. The van der Waals surface area contributed by atoms with Gasteiger partial charge in [-0.3, -0.25) is 4.90 Å². The van der Waals surface area contributed by atoms with Crippen molar-refractivity contribution in [2.75, 3.05) is 26.7 Å². The third kappa shape index (κ3) is 4.22.